The Hall–Kier alpha value is -1.65. The molecule has 2 saturated heterocycles. The standard InChI is InChI=1S/C22H31N5O2.HI/c1-2-23-22(26-12-14-29-21(17-26)20-9-5-13-28-20)24-15-18-7-3-4-8-19(18)16-27-11-6-10-25-27;/h3-4,6-8,10-11,20-21H,2,5,9,12-17H2,1H3,(H,23,24);1H. The number of aliphatic imine (C=N–C) groups is 1. The fourth-order valence-corrected chi connectivity index (χ4v) is 4.01. The number of hydrogen-bond donors (Lipinski definition) is 1. The number of guanidine groups is 1. The summed E-state index contributed by atoms with van der Waals surface area (Å²) in [5.41, 5.74) is 2.47. The van der Waals surface area contributed by atoms with Crippen LogP contribution in [-0.2, 0) is 22.6 Å². The first-order valence-electron chi connectivity index (χ1n) is 10.6. The largest absolute Gasteiger partial charge is 0.375 e. The highest BCUT2D eigenvalue weighted by molar-refractivity contribution is 14.0. The Balaban J connectivity index is 0.00000256. The van der Waals surface area contributed by atoms with E-state index in [0.717, 1.165) is 51.6 Å². The van der Waals surface area contributed by atoms with Crippen LogP contribution < -0.4 is 5.32 Å². The normalized spacial score (nSPS) is 22.0. The van der Waals surface area contributed by atoms with Crippen molar-refractivity contribution in [2.45, 2.75) is 45.1 Å². The van der Waals surface area contributed by atoms with Crippen LogP contribution in [0, 0.1) is 0 Å². The zero-order valence-electron chi connectivity index (χ0n) is 17.6. The van der Waals surface area contributed by atoms with Gasteiger partial charge in [-0.1, -0.05) is 24.3 Å². The summed E-state index contributed by atoms with van der Waals surface area (Å²) in [6.45, 7) is 7.59. The minimum Gasteiger partial charge on any atom is -0.375 e. The fraction of sp³-hybridized carbons (Fsp3) is 0.545. The van der Waals surface area contributed by atoms with Gasteiger partial charge in [-0.05, 0) is 37.0 Å². The van der Waals surface area contributed by atoms with E-state index in [2.05, 4.69) is 46.5 Å². The van der Waals surface area contributed by atoms with Crippen LogP contribution >= 0.6 is 24.0 Å². The topological polar surface area (TPSA) is 63.9 Å². The van der Waals surface area contributed by atoms with Gasteiger partial charge in [0, 0.05) is 38.6 Å². The number of nitrogens with one attached hydrogen (secondary N) is 1. The SMILES string of the molecule is CCNC(=NCc1ccccc1Cn1cccn1)N1CCOC(C2CCCO2)C1.I. The molecule has 2 fully saturated rings. The molecular weight excluding hydrogens is 493 g/mol. The van der Waals surface area contributed by atoms with Gasteiger partial charge >= 0.3 is 0 Å². The lowest BCUT2D eigenvalue weighted by molar-refractivity contribution is -0.0817. The van der Waals surface area contributed by atoms with Crippen molar-refractivity contribution in [1.82, 2.24) is 20.0 Å². The molecule has 0 amide bonds. The second kappa shape index (κ2) is 11.7. The molecule has 2 aliphatic heterocycles. The van der Waals surface area contributed by atoms with Crippen LogP contribution in [0.4, 0.5) is 0 Å². The van der Waals surface area contributed by atoms with E-state index >= 15 is 0 Å². The monoisotopic (exact) mass is 525 g/mol. The van der Waals surface area contributed by atoms with Crippen molar-refractivity contribution in [3.05, 3.63) is 53.9 Å². The van der Waals surface area contributed by atoms with Crippen molar-refractivity contribution in [1.29, 1.82) is 0 Å². The molecule has 164 valence electrons. The molecule has 7 nitrogen and oxygen atoms in total. The Kier molecular flexibility index (Phi) is 8.95. The van der Waals surface area contributed by atoms with E-state index < -0.39 is 0 Å². The van der Waals surface area contributed by atoms with Crippen LogP contribution in [0.2, 0.25) is 0 Å². The molecule has 2 aliphatic rings. The lowest BCUT2D eigenvalue weighted by Gasteiger charge is -2.37. The minimum absolute atomic E-state index is 0. The molecule has 1 aromatic carbocycles. The van der Waals surface area contributed by atoms with Crippen LogP contribution in [0.25, 0.3) is 0 Å². The number of morpholine rings is 1. The Morgan fingerprint density at radius 2 is 2.00 bits per heavy atom. The Morgan fingerprint density at radius 3 is 2.73 bits per heavy atom. The van der Waals surface area contributed by atoms with Gasteiger partial charge in [0.05, 0.1) is 25.8 Å². The first kappa shape index (κ1) is 23.0. The van der Waals surface area contributed by atoms with Gasteiger partial charge in [0.2, 0.25) is 0 Å². The maximum atomic E-state index is 6.00. The highest BCUT2D eigenvalue weighted by Gasteiger charge is 2.32. The van der Waals surface area contributed by atoms with Crippen molar-refractivity contribution in [2.24, 2.45) is 4.99 Å². The smallest absolute Gasteiger partial charge is 0.194 e. The van der Waals surface area contributed by atoms with Crippen LogP contribution in [-0.4, -0.2) is 65.7 Å². The molecule has 8 heteroatoms. The summed E-state index contributed by atoms with van der Waals surface area (Å²) >= 11 is 0. The Bertz CT molecular complexity index is 793. The van der Waals surface area contributed by atoms with Crippen LogP contribution in [0.1, 0.15) is 30.9 Å². The van der Waals surface area contributed by atoms with Crippen LogP contribution in [0.3, 0.4) is 0 Å². The summed E-state index contributed by atoms with van der Waals surface area (Å²) in [4.78, 5) is 7.28. The zero-order chi connectivity index (χ0) is 19.9. The molecule has 2 aromatic rings. The summed E-state index contributed by atoms with van der Waals surface area (Å²) < 4.78 is 13.8. The predicted molar refractivity (Wildman–Crippen MR) is 128 cm³/mol. The van der Waals surface area contributed by atoms with Crippen molar-refractivity contribution in [3.63, 3.8) is 0 Å². The maximum Gasteiger partial charge on any atom is 0.194 e. The summed E-state index contributed by atoms with van der Waals surface area (Å²) in [5, 5.41) is 7.79. The van der Waals surface area contributed by atoms with E-state index in [4.69, 9.17) is 14.5 Å². The number of benzene rings is 1. The number of nitrogens with zero attached hydrogens (tertiary/aromatic N) is 4. The number of ether oxygens (including phenoxy) is 2. The van der Waals surface area contributed by atoms with E-state index in [9.17, 15) is 0 Å². The quantitative estimate of drug-likeness (QED) is 0.357. The zero-order valence-corrected chi connectivity index (χ0v) is 19.9. The third kappa shape index (κ3) is 5.95. The molecule has 1 N–H and O–H groups in total. The first-order chi connectivity index (χ1) is 14.3. The second-order valence-electron chi connectivity index (χ2n) is 7.55. The molecule has 0 saturated carbocycles. The molecule has 3 heterocycles. The van der Waals surface area contributed by atoms with Crippen molar-refractivity contribution >= 4 is 29.9 Å². The van der Waals surface area contributed by atoms with Crippen molar-refractivity contribution in [2.75, 3.05) is 32.8 Å². The maximum absolute atomic E-state index is 6.00. The lowest BCUT2D eigenvalue weighted by atomic mass is 10.1. The summed E-state index contributed by atoms with van der Waals surface area (Å²) in [5.74, 6) is 0.952. The van der Waals surface area contributed by atoms with E-state index in [1.807, 2.05) is 23.1 Å². The van der Waals surface area contributed by atoms with Crippen LogP contribution in [0.15, 0.2) is 47.7 Å². The van der Waals surface area contributed by atoms with Gasteiger partial charge in [-0.2, -0.15) is 5.10 Å². The molecule has 0 aliphatic carbocycles. The molecule has 0 bridgehead atoms. The molecule has 0 radical (unpaired) electrons. The van der Waals surface area contributed by atoms with E-state index in [-0.39, 0.29) is 36.2 Å². The van der Waals surface area contributed by atoms with E-state index in [1.54, 1.807) is 0 Å². The van der Waals surface area contributed by atoms with Gasteiger partial charge in [-0.25, -0.2) is 4.99 Å². The van der Waals surface area contributed by atoms with Crippen molar-refractivity contribution in [3.8, 4) is 0 Å². The minimum atomic E-state index is 0. The second-order valence-corrected chi connectivity index (χ2v) is 7.55. The molecule has 2 atom stereocenters. The van der Waals surface area contributed by atoms with Gasteiger partial charge in [0.25, 0.3) is 0 Å². The van der Waals surface area contributed by atoms with Crippen LogP contribution in [0.5, 0.6) is 0 Å². The molecule has 2 unspecified atom stereocenters. The van der Waals surface area contributed by atoms with Gasteiger partial charge in [0.1, 0.15) is 6.10 Å². The third-order valence-corrected chi connectivity index (χ3v) is 5.52. The highest BCUT2D eigenvalue weighted by atomic mass is 127. The average molecular weight is 525 g/mol. The lowest BCUT2D eigenvalue weighted by Crippen LogP contribution is -2.53. The molecule has 4 rings (SSSR count). The third-order valence-electron chi connectivity index (χ3n) is 5.52. The van der Waals surface area contributed by atoms with Gasteiger partial charge in [-0.15, -0.1) is 24.0 Å². The summed E-state index contributed by atoms with van der Waals surface area (Å²) in [7, 11) is 0. The number of rotatable bonds is 6. The Morgan fingerprint density at radius 1 is 1.17 bits per heavy atom. The molecule has 1 aromatic heterocycles. The highest BCUT2D eigenvalue weighted by Crippen LogP contribution is 2.21. The van der Waals surface area contributed by atoms with Gasteiger partial charge in [0.15, 0.2) is 5.96 Å². The number of aromatic nitrogens is 2. The fourth-order valence-electron chi connectivity index (χ4n) is 4.01. The van der Waals surface area contributed by atoms with Gasteiger partial charge in [-0.3, -0.25) is 4.68 Å². The average Bonchev–Trinajstić information content (AvgIpc) is 3.46. The van der Waals surface area contributed by atoms with E-state index in [0.29, 0.717) is 13.2 Å². The summed E-state index contributed by atoms with van der Waals surface area (Å²) in [6, 6.07) is 10.4. The van der Waals surface area contributed by atoms with Gasteiger partial charge < -0.3 is 19.7 Å². The number of halogens is 1. The Labute approximate surface area is 195 Å². The number of hydrogen-bond acceptors (Lipinski definition) is 4. The van der Waals surface area contributed by atoms with E-state index in [1.165, 1.54) is 11.1 Å². The van der Waals surface area contributed by atoms with Crippen molar-refractivity contribution < 1.29 is 9.47 Å². The molecular formula is C22H32IN5O2. The first-order valence-corrected chi connectivity index (χ1v) is 10.6. The molecule has 0 spiro atoms. The predicted octanol–water partition coefficient (Wildman–Crippen LogP) is 2.89. The molecule has 30 heavy (non-hydrogen) atoms. The summed E-state index contributed by atoms with van der Waals surface area (Å²) in [6.07, 6.45) is 6.37.